The fourth-order valence-corrected chi connectivity index (χ4v) is 1.35. The van der Waals surface area contributed by atoms with Gasteiger partial charge in [0.15, 0.2) is 0 Å². The molecule has 0 unspecified atom stereocenters. The second-order valence-corrected chi connectivity index (χ2v) is 3.61. The standard InChI is InChI=1S/C11H13FN2O4/c12-6-1-2-8(13)7(5-6)10(16)14-9(3-4-15)11(17)18/h1-2,5,9,15H,3-4,13H2,(H,14,16)(H,17,18)/t9-/m1/s1. The second kappa shape index (κ2) is 5.97. The van der Waals surface area contributed by atoms with E-state index < -0.39 is 30.3 Å². The van der Waals surface area contributed by atoms with Crippen LogP contribution in [0.4, 0.5) is 10.1 Å². The Bertz CT molecular complexity index is 464. The van der Waals surface area contributed by atoms with Gasteiger partial charge in [-0.15, -0.1) is 0 Å². The molecule has 0 saturated carbocycles. The largest absolute Gasteiger partial charge is 0.480 e. The lowest BCUT2D eigenvalue weighted by Gasteiger charge is -2.14. The van der Waals surface area contributed by atoms with Crippen LogP contribution in [0.15, 0.2) is 18.2 Å². The van der Waals surface area contributed by atoms with Crippen LogP contribution in [0.2, 0.25) is 0 Å². The number of aliphatic carboxylic acids is 1. The highest BCUT2D eigenvalue weighted by atomic mass is 19.1. The number of benzene rings is 1. The molecule has 0 fully saturated rings. The third-order valence-corrected chi connectivity index (χ3v) is 2.28. The molecule has 98 valence electrons. The van der Waals surface area contributed by atoms with E-state index in [0.717, 1.165) is 12.1 Å². The summed E-state index contributed by atoms with van der Waals surface area (Å²) in [4.78, 5) is 22.5. The monoisotopic (exact) mass is 256 g/mol. The van der Waals surface area contributed by atoms with Crippen LogP contribution >= 0.6 is 0 Å². The average molecular weight is 256 g/mol. The van der Waals surface area contributed by atoms with E-state index in [1.807, 2.05) is 0 Å². The highest BCUT2D eigenvalue weighted by Gasteiger charge is 2.21. The van der Waals surface area contributed by atoms with Crippen molar-refractivity contribution in [1.29, 1.82) is 0 Å². The van der Waals surface area contributed by atoms with Gasteiger partial charge in [-0.3, -0.25) is 4.79 Å². The van der Waals surface area contributed by atoms with E-state index in [1.54, 1.807) is 0 Å². The van der Waals surface area contributed by atoms with Crippen LogP contribution in [-0.4, -0.2) is 34.7 Å². The maximum atomic E-state index is 13.0. The van der Waals surface area contributed by atoms with Gasteiger partial charge < -0.3 is 21.3 Å². The Balaban J connectivity index is 2.86. The van der Waals surface area contributed by atoms with Gasteiger partial charge >= 0.3 is 5.97 Å². The van der Waals surface area contributed by atoms with Gasteiger partial charge in [-0.05, 0) is 18.2 Å². The quantitative estimate of drug-likeness (QED) is 0.553. The van der Waals surface area contributed by atoms with E-state index in [1.165, 1.54) is 6.07 Å². The van der Waals surface area contributed by atoms with E-state index >= 15 is 0 Å². The Labute approximate surface area is 102 Å². The Kier molecular flexibility index (Phi) is 4.61. The number of hydrogen-bond donors (Lipinski definition) is 4. The van der Waals surface area contributed by atoms with Crippen molar-refractivity contribution in [3.63, 3.8) is 0 Å². The first-order valence-electron chi connectivity index (χ1n) is 5.15. The fraction of sp³-hybridized carbons (Fsp3) is 0.273. The maximum Gasteiger partial charge on any atom is 0.326 e. The molecule has 18 heavy (non-hydrogen) atoms. The number of aliphatic hydroxyl groups excluding tert-OH is 1. The number of rotatable bonds is 5. The van der Waals surface area contributed by atoms with Crippen LogP contribution in [0, 0.1) is 5.82 Å². The third kappa shape index (κ3) is 3.42. The molecule has 0 aliphatic heterocycles. The van der Waals surface area contributed by atoms with Gasteiger partial charge in [0.05, 0.1) is 5.56 Å². The highest BCUT2D eigenvalue weighted by Crippen LogP contribution is 2.13. The number of carboxylic acid groups (broad SMARTS) is 1. The predicted molar refractivity (Wildman–Crippen MR) is 61.4 cm³/mol. The van der Waals surface area contributed by atoms with Crippen molar-refractivity contribution >= 4 is 17.6 Å². The molecule has 1 amide bonds. The summed E-state index contributed by atoms with van der Waals surface area (Å²) in [5.74, 6) is -2.73. The van der Waals surface area contributed by atoms with Gasteiger partial charge in [0.1, 0.15) is 11.9 Å². The molecule has 0 heterocycles. The summed E-state index contributed by atoms with van der Waals surface area (Å²) in [5.41, 5.74) is 5.40. The number of halogens is 1. The minimum Gasteiger partial charge on any atom is -0.480 e. The zero-order chi connectivity index (χ0) is 13.7. The summed E-state index contributed by atoms with van der Waals surface area (Å²) in [7, 11) is 0. The summed E-state index contributed by atoms with van der Waals surface area (Å²) >= 11 is 0. The van der Waals surface area contributed by atoms with Crippen LogP contribution in [-0.2, 0) is 4.79 Å². The summed E-state index contributed by atoms with van der Waals surface area (Å²) in [5, 5.41) is 19.6. The van der Waals surface area contributed by atoms with Crippen molar-refractivity contribution < 1.29 is 24.2 Å². The summed E-state index contributed by atoms with van der Waals surface area (Å²) in [6, 6.07) is 1.98. The molecule has 0 saturated heterocycles. The topological polar surface area (TPSA) is 113 Å². The lowest BCUT2D eigenvalue weighted by atomic mass is 10.1. The van der Waals surface area contributed by atoms with Crippen LogP contribution < -0.4 is 11.1 Å². The first kappa shape index (κ1) is 13.9. The maximum absolute atomic E-state index is 13.0. The minimum atomic E-state index is -1.28. The van der Waals surface area contributed by atoms with E-state index in [2.05, 4.69) is 5.32 Å². The van der Waals surface area contributed by atoms with Crippen molar-refractivity contribution in [1.82, 2.24) is 5.32 Å². The smallest absolute Gasteiger partial charge is 0.326 e. The molecule has 0 aromatic heterocycles. The SMILES string of the molecule is Nc1ccc(F)cc1C(=O)N[C@H](CCO)C(=O)O. The van der Waals surface area contributed by atoms with Crippen molar-refractivity contribution in [2.45, 2.75) is 12.5 Å². The van der Waals surface area contributed by atoms with Crippen LogP contribution in [0.5, 0.6) is 0 Å². The highest BCUT2D eigenvalue weighted by molar-refractivity contribution is 6.00. The predicted octanol–water partition coefficient (Wildman–Crippen LogP) is -0.0267. The molecule has 0 aliphatic rings. The average Bonchev–Trinajstić information content (AvgIpc) is 2.31. The molecule has 5 N–H and O–H groups in total. The molecule has 1 atom stereocenters. The molecule has 1 aromatic carbocycles. The molecule has 1 aromatic rings. The van der Waals surface area contributed by atoms with Crippen molar-refractivity contribution in [2.75, 3.05) is 12.3 Å². The number of carbonyl (C=O) groups is 2. The number of nitrogen functional groups attached to an aromatic ring is 1. The van der Waals surface area contributed by atoms with Crippen LogP contribution in [0.1, 0.15) is 16.8 Å². The van der Waals surface area contributed by atoms with E-state index in [4.69, 9.17) is 15.9 Å². The zero-order valence-corrected chi connectivity index (χ0v) is 9.39. The molecule has 0 spiro atoms. The first-order valence-corrected chi connectivity index (χ1v) is 5.15. The number of carboxylic acids is 1. The molecule has 0 aliphatic carbocycles. The number of carbonyl (C=O) groups excluding carboxylic acids is 1. The molecule has 0 radical (unpaired) electrons. The van der Waals surface area contributed by atoms with Crippen molar-refractivity contribution in [2.24, 2.45) is 0 Å². The zero-order valence-electron chi connectivity index (χ0n) is 9.39. The van der Waals surface area contributed by atoms with Gasteiger partial charge in [-0.25, -0.2) is 9.18 Å². The third-order valence-electron chi connectivity index (χ3n) is 2.28. The Morgan fingerprint density at radius 1 is 1.44 bits per heavy atom. The van der Waals surface area contributed by atoms with E-state index in [0.29, 0.717) is 0 Å². The van der Waals surface area contributed by atoms with Gasteiger partial charge in [0.2, 0.25) is 0 Å². The van der Waals surface area contributed by atoms with Crippen LogP contribution in [0.25, 0.3) is 0 Å². The van der Waals surface area contributed by atoms with Crippen LogP contribution in [0.3, 0.4) is 0 Å². The molecule has 0 bridgehead atoms. The molecule has 6 nitrogen and oxygen atoms in total. The normalized spacial score (nSPS) is 11.9. The number of amides is 1. The second-order valence-electron chi connectivity index (χ2n) is 3.61. The summed E-state index contributed by atoms with van der Waals surface area (Å²) in [6.45, 7) is -0.393. The lowest BCUT2D eigenvalue weighted by Crippen LogP contribution is -2.41. The Hall–Kier alpha value is -2.15. The molecular weight excluding hydrogens is 243 g/mol. The number of hydrogen-bond acceptors (Lipinski definition) is 4. The summed E-state index contributed by atoms with van der Waals surface area (Å²) in [6.07, 6.45) is -0.143. The number of anilines is 1. The minimum absolute atomic E-state index is 0.0436. The van der Waals surface area contributed by atoms with Gasteiger partial charge in [-0.1, -0.05) is 0 Å². The van der Waals surface area contributed by atoms with Gasteiger partial charge in [0.25, 0.3) is 5.91 Å². The van der Waals surface area contributed by atoms with E-state index in [9.17, 15) is 14.0 Å². The molecular formula is C11H13FN2O4. The fourth-order valence-electron chi connectivity index (χ4n) is 1.35. The first-order chi connectivity index (χ1) is 8.45. The van der Waals surface area contributed by atoms with Crippen molar-refractivity contribution in [3.05, 3.63) is 29.6 Å². The van der Waals surface area contributed by atoms with Gasteiger partial charge in [-0.2, -0.15) is 0 Å². The lowest BCUT2D eigenvalue weighted by molar-refractivity contribution is -0.139. The Morgan fingerprint density at radius 2 is 2.11 bits per heavy atom. The van der Waals surface area contributed by atoms with E-state index in [-0.39, 0.29) is 17.7 Å². The van der Waals surface area contributed by atoms with Crippen molar-refractivity contribution in [3.8, 4) is 0 Å². The number of nitrogens with two attached hydrogens (primary N) is 1. The Morgan fingerprint density at radius 3 is 2.67 bits per heavy atom. The molecule has 7 heteroatoms. The number of nitrogens with one attached hydrogen (secondary N) is 1. The summed E-state index contributed by atoms with van der Waals surface area (Å²) < 4.78 is 13.0. The number of aliphatic hydroxyl groups is 1. The van der Waals surface area contributed by atoms with Gasteiger partial charge in [0, 0.05) is 18.7 Å². The molecule has 1 rings (SSSR count).